The number of benzene rings is 2. The third-order valence-corrected chi connectivity index (χ3v) is 6.93. The monoisotopic (exact) mass is 491 g/mol. The lowest BCUT2D eigenvalue weighted by atomic mass is 9.95. The van der Waals surface area contributed by atoms with Crippen molar-refractivity contribution in [3.8, 4) is 5.75 Å². The van der Waals surface area contributed by atoms with Gasteiger partial charge in [-0.3, -0.25) is 15.6 Å². The van der Waals surface area contributed by atoms with E-state index in [4.69, 9.17) is 26.0 Å². The summed E-state index contributed by atoms with van der Waals surface area (Å²) in [6.45, 7) is 3.81. The van der Waals surface area contributed by atoms with Crippen LogP contribution in [-0.2, 0) is 22.4 Å². The summed E-state index contributed by atoms with van der Waals surface area (Å²) in [5, 5.41) is 15.4. The Labute approximate surface area is 211 Å². The van der Waals surface area contributed by atoms with Crippen LogP contribution < -0.4 is 10.5 Å². The summed E-state index contributed by atoms with van der Waals surface area (Å²) in [6, 6.07) is 11.9. The van der Waals surface area contributed by atoms with Crippen molar-refractivity contribution in [3.63, 3.8) is 0 Å². The van der Waals surface area contributed by atoms with Gasteiger partial charge < -0.3 is 25.0 Å². The summed E-state index contributed by atoms with van der Waals surface area (Å²) in [5.74, 6) is 0.581. The number of hydrogen-bond acceptors (Lipinski definition) is 6. The lowest BCUT2D eigenvalue weighted by molar-refractivity contribution is -0.146. The molecule has 0 aliphatic carbocycles. The molecule has 1 fully saturated rings. The average molecular weight is 492 g/mol. The molecule has 2 heterocycles. The molecule has 0 saturated carbocycles. The number of carbonyl (C=O) groups is 2. The highest BCUT2D eigenvalue weighted by atomic mass is 16.5. The Kier molecular flexibility index (Phi) is 7.57. The number of amides is 1. The molecule has 0 bridgehead atoms. The van der Waals surface area contributed by atoms with Gasteiger partial charge in [0.2, 0.25) is 0 Å². The Bertz CT molecular complexity index is 1170. The van der Waals surface area contributed by atoms with Crippen molar-refractivity contribution in [2.24, 2.45) is 5.73 Å². The van der Waals surface area contributed by atoms with Crippen LogP contribution >= 0.6 is 0 Å². The van der Waals surface area contributed by atoms with E-state index in [1.165, 1.54) is 7.11 Å². The lowest BCUT2D eigenvalue weighted by Gasteiger charge is -2.35. The zero-order valence-electron chi connectivity index (χ0n) is 20.8. The van der Waals surface area contributed by atoms with Gasteiger partial charge >= 0.3 is 5.97 Å². The molecule has 4 rings (SSSR count). The van der Waals surface area contributed by atoms with Crippen molar-refractivity contribution in [2.75, 3.05) is 26.7 Å². The first-order valence-corrected chi connectivity index (χ1v) is 12.2. The highest BCUT2D eigenvalue weighted by molar-refractivity contribution is 5.99. The number of carbonyl (C=O) groups excluding carboxylic acids is 2. The first kappa shape index (κ1) is 25.2. The number of hydrogen-bond donors (Lipinski definition) is 3. The topological polar surface area (TPSA) is 133 Å². The van der Waals surface area contributed by atoms with Crippen LogP contribution in [0.2, 0.25) is 0 Å². The fourth-order valence-corrected chi connectivity index (χ4v) is 4.90. The van der Waals surface area contributed by atoms with Gasteiger partial charge in [-0.05, 0) is 48.7 Å². The van der Waals surface area contributed by atoms with E-state index >= 15 is 0 Å². The number of piperidine rings is 1. The molecule has 9 nitrogen and oxygen atoms in total. The number of nitrogen functional groups attached to an aromatic ring is 1. The summed E-state index contributed by atoms with van der Waals surface area (Å²) in [4.78, 5) is 29.8. The lowest BCUT2D eigenvalue weighted by Crippen LogP contribution is -2.50. The third-order valence-electron chi connectivity index (χ3n) is 6.93. The highest BCUT2D eigenvalue weighted by Gasteiger charge is 2.35. The fraction of sp³-hybridized carbons (Fsp3) is 0.407. The summed E-state index contributed by atoms with van der Waals surface area (Å²) in [7, 11) is 1.32. The van der Waals surface area contributed by atoms with E-state index in [1.54, 1.807) is 36.1 Å². The van der Waals surface area contributed by atoms with Gasteiger partial charge in [-0.1, -0.05) is 18.2 Å². The minimum atomic E-state index is -0.781. The SMILES string of the molecule is COC(=O)C(Cc1cccc(C(=N)N)c1)N1CCc2cc(OC3CCN(C(C)=N)CC3)ccc2C1=O. The van der Waals surface area contributed by atoms with E-state index in [9.17, 15) is 9.59 Å². The Balaban J connectivity index is 1.48. The molecule has 2 aromatic carbocycles. The van der Waals surface area contributed by atoms with Gasteiger partial charge in [0.25, 0.3) is 5.91 Å². The average Bonchev–Trinajstić information content (AvgIpc) is 2.88. The first-order valence-electron chi connectivity index (χ1n) is 12.2. The Morgan fingerprint density at radius 3 is 2.56 bits per heavy atom. The summed E-state index contributed by atoms with van der Waals surface area (Å²) in [5.41, 5.74) is 8.45. The van der Waals surface area contributed by atoms with Crippen LogP contribution in [0.25, 0.3) is 0 Å². The van der Waals surface area contributed by atoms with Crippen LogP contribution in [0, 0.1) is 10.8 Å². The van der Waals surface area contributed by atoms with Crippen molar-refractivity contribution in [2.45, 2.75) is 44.8 Å². The van der Waals surface area contributed by atoms with Gasteiger partial charge in [0.15, 0.2) is 0 Å². The summed E-state index contributed by atoms with van der Waals surface area (Å²) in [6.07, 6.45) is 2.66. The molecule has 0 spiro atoms. The molecule has 0 radical (unpaired) electrons. The molecular formula is C27H33N5O4. The van der Waals surface area contributed by atoms with Gasteiger partial charge in [-0.25, -0.2) is 4.79 Å². The maximum atomic E-state index is 13.4. The van der Waals surface area contributed by atoms with E-state index < -0.39 is 12.0 Å². The number of ether oxygens (including phenoxy) is 2. The second kappa shape index (κ2) is 10.8. The number of methoxy groups -OCH3 is 1. The van der Waals surface area contributed by atoms with Crippen LogP contribution in [0.5, 0.6) is 5.75 Å². The molecule has 0 aromatic heterocycles. The van der Waals surface area contributed by atoms with Crippen LogP contribution in [-0.4, -0.2) is 72.2 Å². The minimum absolute atomic E-state index is 0.0529. The zero-order valence-corrected chi connectivity index (χ0v) is 20.8. The molecule has 36 heavy (non-hydrogen) atoms. The first-order chi connectivity index (χ1) is 17.3. The van der Waals surface area contributed by atoms with Crippen molar-refractivity contribution >= 4 is 23.5 Å². The van der Waals surface area contributed by atoms with Gasteiger partial charge in [0.1, 0.15) is 23.7 Å². The molecule has 1 atom stereocenters. The maximum Gasteiger partial charge on any atom is 0.328 e. The van der Waals surface area contributed by atoms with E-state index in [1.807, 2.05) is 23.1 Å². The number of likely N-dealkylation sites (tertiary alicyclic amines) is 1. The Morgan fingerprint density at radius 2 is 1.89 bits per heavy atom. The number of esters is 1. The molecule has 2 aromatic rings. The molecule has 9 heteroatoms. The zero-order chi connectivity index (χ0) is 25.8. The molecule has 2 aliphatic heterocycles. The Hall–Kier alpha value is -3.88. The number of nitrogens with two attached hydrogens (primary N) is 1. The van der Waals surface area contributed by atoms with Crippen LogP contribution in [0.1, 0.15) is 46.8 Å². The number of amidine groups is 2. The minimum Gasteiger partial charge on any atom is -0.490 e. The molecule has 2 aliphatic rings. The van der Waals surface area contributed by atoms with E-state index in [-0.39, 0.29) is 24.3 Å². The Morgan fingerprint density at radius 1 is 1.14 bits per heavy atom. The van der Waals surface area contributed by atoms with Gasteiger partial charge in [-0.15, -0.1) is 0 Å². The number of rotatable bonds is 7. The quantitative estimate of drug-likeness (QED) is 0.310. The molecular weight excluding hydrogens is 458 g/mol. The number of nitrogens with zero attached hydrogens (tertiary/aromatic N) is 2. The molecule has 1 amide bonds. The van der Waals surface area contributed by atoms with Crippen LogP contribution in [0.4, 0.5) is 0 Å². The second-order valence-corrected chi connectivity index (χ2v) is 9.31. The standard InChI is InChI=1S/C27H33N5O4/c1-17(28)31-11-9-21(10-12-31)36-22-6-7-23-19(16-22)8-13-32(26(23)33)24(27(34)35-2)15-18-4-3-5-20(14-18)25(29)30/h3-7,14,16,21,24,28H,8-13,15H2,1-2H3,(H3,29,30). The molecule has 4 N–H and O–H groups in total. The predicted molar refractivity (Wildman–Crippen MR) is 137 cm³/mol. The van der Waals surface area contributed by atoms with Crippen molar-refractivity contribution in [1.29, 1.82) is 10.8 Å². The predicted octanol–water partition coefficient (Wildman–Crippen LogP) is 2.59. The van der Waals surface area contributed by atoms with Crippen molar-refractivity contribution in [3.05, 3.63) is 64.7 Å². The van der Waals surface area contributed by atoms with E-state index in [0.717, 1.165) is 42.8 Å². The summed E-state index contributed by atoms with van der Waals surface area (Å²) >= 11 is 0. The summed E-state index contributed by atoms with van der Waals surface area (Å²) < 4.78 is 11.2. The van der Waals surface area contributed by atoms with E-state index in [2.05, 4.69) is 0 Å². The third kappa shape index (κ3) is 5.50. The molecule has 1 unspecified atom stereocenters. The molecule has 190 valence electrons. The van der Waals surface area contributed by atoms with Gasteiger partial charge in [-0.2, -0.15) is 0 Å². The number of nitrogens with one attached hydrogen (secondary N) is 2. The molecule has 1 saturated heterocycles. The van der Waals surface area contributed by atoms with Crippen molar-refractivity contribution < 1.29 is 19.1 Å². The maximum absolute atomic E-state index is 13.4. The van der Waals surface area contributed by atoms with Crippen LogP contribution in [0.15, 0.2) is 42.5 Å². The van der Waals surface area contributed by atoms with Crippen molar-refractivity contribution in [1.82, 2.24) is 9.80 Å². The second-order valence-electron chi connectivity index (χ2n) is 9.31. The number of fused-ring (bicyclic) bond motifs is 1. The van der Waals surface area contributed by atoms with Gasteiger partial charge in [0, 0.05) is 50.0 Å². The normalized spacial score (nSPS) is 16.8. The van der Waals surface area contributed by atoms with E-state index in [0.29, 0.717) is 29.9 Å². The smallest absolute Gasteiger partial charge is 0.328 e. The largest absolute Gasteiger partial charge is 0.490 e. The van der Waals surface area contributed by atoms with Crippen LogP contribution in [0.3, 0.4) is 0 Å². The van der Waals surface area contributed by atoms with Gasteiger partial charge in [0.05, 0.1) is 12.9 Å². The highest BCUT2D eigenvalue weighted by Crippen LogP contribution is 2.28. The fourth-order valence-electron chi connectivity index (χ4n) is 4.90.